The van der Waals surface area contributed by atoms with Crippen LogP contribution in [0.4, 0.5) is 5.82 Å². The Morgan fingerprint density at radius 2 is 2.10 bits per heavy atom. The van der Waals surface area contributed by atoms with E-state index < -0.39 is 0 Å². The second-order valence-electron chi connectivity index (χ2n) is 4.75. The molecule has 0 saturated carbocycles. The predicted molar refractivity (Wildman–Crippen MR) is 81.3 cm³/mol. The number of carbonyl (C=O) groups is 1. The maximum atomic E-state index is 11.6. The molecule has 2 heterocycles. The molecule has 0 spiro atoms. The molecule has 5 nitrogen and oxygen atoms in total. The van der Waals surface area contributed by atoms with Gasteiger partial charge in [0.25, 0.3) is 0 Å². The molecule has 0 unspecified atom stereocenters. The van der Waals surface area contributed by atoms with Crippen molar-refractivity contribution >= 4 is 11.8 Å². The van der Waals surface area contributed by atoms with Gasteiger partial charge in [-0.1, -0.05) is 6.07 Å². The summed E-state index contributed by atoms with van der Waals surface area (Å²) in [6.07, 6.45) is 1.54. The summed E-state index contributed by atoms with van der Waals surface area (Å²) in [5, 5.41) is 0. The van der Waals surface area contributed by atoms with Gasteiger partial charge in [0.05, 0.1) is 24.4 Å². The van der Waals surface area contributed by atoms with Gasteiger partial charge in [0.1, 0.15) is 5.82 Å². The molecule has 0 atom stereocenters. The SMILES string of the molecule is CCOC(=O)c1ccc(N(C)Cc2cccc(C)n2)nc1. The lowest BCUT2D eigenvalue weighted by atomic mass is 10.2. The quantitative estimate of drug-likeness (QED) is 0.790. The summed E-state index contributed by atoms with van der Waals surface area (Å²) < 4.78 is 4.93. The van der Waals surface area contributed by atoms with Crippen LogP contribution in [0.25, 0.3) is 0 Å². The number of ether oxygens (including phenoxy) is 1. The smallest absolute Gasteiger partial charge is 0.339 e. The third kappa shape index (κ3) is 4.02. The van der Waals surface area contributed by atoms with Crippen LogP contribution in [0.1, 0.15) is 28.7 Å². The fourth-order valence-electron chi connectivity index (χ4n) is 1.96. The number of hydrogen-bond acceptors (Lipinski definition) is 5. The van der Waals surface area contributed by atoms with E-state index in [1.807, 2.05) is 43.1 Å². The summed E-state index contributed by atoms with van der Waals surface area (Å²) in [6.45, 7) is 4.77. The number of hydrogen-bond donors (Lipinski definition) is 0. The number of anilines is 1. The molecular weight excluding hydrogens is 266 g/mol. The number of pyridine rings is 2. The largest absolute Gasteiger partial charge is 0.462 e. The molecule has 5 heteroatoms. The van der Waals surface area contributed by atoms with Crippen molar-refractivity contribution < 1.29 is 9.53 Å². The highest BCUT2D eigenvalue weighted by atomic mass is 16.5. The lowest BCUT2D eigenvalue weighted by molar-refractivity contribution is 0.0526. The maximum absolute atomic E-state index is 11.6. The number of carbonyl (C=O) groups excluding carboxylic acids is 1. The van der Waals surface area contributed by atoms with Crippen LogP contribution in [0.2, 0.25) is 0 Å². The van der Waals surface area contributed by atoms with Crippen molar-refractivity contribution in [2.75, 3.05) is 18.6 Å². The first-order chi connectivity index (χ1) is 10.1. The molecule has 0 amide bonds. The van der Waals surface area contributed by atoms with E-state index in [4.69, 9.17) is 4.74 Å². The van der Waals surface area contributed by atoms with Gasteiger partial charge in [-0.15, -0.1) is 0 Å². The first kappa shape index (κ1) is 15.0. The lowest BCUT2D eigenvalue weighted by Gasteiger charge is -2.18. The standard InChI is InChI=1S/C16H19N3O2/c1-4-21-16(20)13-8-9-15(17-10-13)19(3)11-14-7-5-6-12(2)18-14/h5-10H,4,11H2,1-3H3. The van der Waals surface area contributed by atoms with Gasteiger partial charge in [0, 0.05) is 18.9 Å². The molecule has 0 bridgehead atoms. The molecule has 0 aliphatic heterocycles. The van der Waals surface area contributed by atoms with Gasteiger partial charge in [0.2, 0.25) is 0 Å². The number of aromatic nitrogens is 2. The Morgan fingerprint density at radius 1 is 1.29 bits per heavy atom. The zero-order chi connectivity index (χ0) is 15.2. The number of esters is 1. The zero-order valence-electron chi connectivity index (χ0n) is 12.5. The van der Waals surface area contributed by atoms with Crippen molar-refractivity contribution in [3.63, 3.8) is 0 Å². The summed E-state index contributed by atoms with van der Waals surface area (Å²) in [6, 6.07) is 9.47. The van der Waals surface area contributed by atoms with E-state index in [1.165, 1.54) is 6.20 Å². The van der Waals surface area contributed by atoms with Gasteiger partial charge in [-0.3, -0.25) is 4.98 Å². The molecule has 0 aromatic carbocycles. The Morgan fingerprint density at radius 3 is 2.71 bits per heavy atom. The highest BCUT2D eigenvalue weighted by Crippen LogP contribution is 2.13. The molecule has 0 aliphatic carbocycles. The fourth-order valence-corrected chi connectivity index (χ4v) is 1.96. The summed E-state index contributed by atoms with van der Waals surface area (Å²) in [7, 11) is 1.94. The molecule has 0 N–H and O–H groups in total. The van der Waals surface area contributed by atoms with Crippen molar-refractivity contribution in [2.24, 2.45) is 0 Å². The molecule has 110 valence electrons. The summed E-state index contributed by atoms with van der Waals surface area (Å²) >= 11 is 0. The Kier molecular flexibility index (Phi) is 4.87. The molecule has 21 heavy (non-hydrogen) atoms. The van der Waals surface area contributed by atoms with Crippen LogP contribution < -0.4 is 4.90 Å². The second kappa shape index (κ2) is 6.83. The maximum Gasteiger partial charge on any atom is 0.339 e. The third-order valence-corrected chi connectivity index (χ3v) is 3.00. The van der Waals surface area contributed by atoms with Crippen molar-refractivity contribution in [3.05, 3.63) is 53.5 Å². The van der Waals surface area contributed by atoms with Crippen molar-refractivity contribution in [1.29, 1.82) is 0 Å². The van der Waals surface area contributed by atoms with Crippen LogP contribution in [-0.2, 0) is 11.3 Å². The topological polar surface area (TPSA) is 55.3 Å². The zero-order valence-corrected chi connectivity index (χ0v) is 12.5. The first-order valence-electron chi connectivity index (χ1n) is 6.87. The van der Waals surface area contributed by atoms with Gasteiger partial charge >= 0.3 is 5.97 Å². The normalized spacial score (nSPS) is 10.2. The summed E-state index contributed by atoms with van der Waals surface area (Å²) in [4.78, 5) is 22.3. The van der Waals surface area contributed by atoms with Gasteiger partial charge < -0.3 is 9.64 Å². The van der Waals surface area contributed by atoms with Crippen molar-refractivity contribution in [3.8, 4) is 0 Å². The molecular formula is C16H19N3O2. The van der Waals surface area contributed by atoms with Crippen LogP contribution in [0.5, 0.6) is 0 Å². The lowest BCUT2D eigenvalue weighted by Crippen LogP contribution is -2.19. The van der Waals surface area contributed by atoms with Gasteiger partial charge in [0.15, 0.2) is 0 Å². The molecule has 2 aromatic heterocycles. The van der Waals surface area contributed by atoms with E-state index in [2.05, 4.69) is 9.97 Å². The first-order valence-corrected chi connectivity index (χ1v) is 6.87. The monoisotopic (exact) mass is 285 g/mol. The molecule has 0 aliphatic rings. The Labute approximate surface area is 124 Å². The second-order valence-corrected chi connectivity index (χ2v) is 4.75. The Hall–Kier alpha value is -2.43. The predicted octanol–water partition coefficient (Wildman–Crippen LogP) is 2.60. The minimum absolute atomic E-state index is 0.348. The third-order valence-electron chi connectivity index (χ3n) is 3.00. The van der Waals surface area contributed by atoms with Gasteiger partial charge in [-0.25, -0.2) is 9.78 Å². The highest BCUT2D eigenvalue weighted by molar-refractivity contribution is 5.89. The van der Waals surface area contributed by atoms with Crippen LogP contribution in [0, 0.1) is 6.92 Å². The van der Waals surface area contributed by atoms with Crippen molar-refractivity contribution in [1.82, 2.24) is 9.97 Å². The van der Waals surface area contributed by atoms with E-state index in [1.54, 1.807) is 13.0 Å². The van der Waals surface area contributed by atoms with Crippen LogP contribution >= 0.6 is 0 Å². The minimum atomic E-state index is -0.348. The average Bonchev–Trinajstić information content (AvgIpc) is 2.47. The highest BCUT2D eigenvalue weighted by Gasteiger charge is 2.09. The average molecular weight is 285 g/mol. The minimum Gasteiger partial charge on any atom is -0.462 e. The Balaban J connectivity index is 2.06. The van der Waals surface area contributed by atoms with Gasteiger partial charge in [-0.05, 0) is 38.1 Å². The van der Waals surface area contributed by atoms with E-state index >= 15 is 0 Å². The van der Waals surface area contributed by atoms with Crippen LogP contribution in [-0.4, -0.2) is 29.6 Å². The molecule has 2 aromatic rings. The van der Waals surface area contributed by atoms with Crippen molar-refractivity contribution in [2.45, 2.75) is 20.4 Å². The summed E-state index contributed by atoms with van der Waals surface area (Å²) in [5.41, 5.74) is 2.43. The van der Waals surface area contributed by atoms with Crippen LogP contribution in [0.15, 0.2) is 36.5 Å². The Bertz CT molecular complexity index is 611. The van der Waals surface area contributed by atoms with Crippen LogP contribution in [0.3, 0.4) is 0 Å². The number of rotatable bonds is 5. The molecule has 2 rings (SSSR count). The van der Waals surface area contributed by atoms with E-state index in [0.717, 1.165) is 17.2 Å². The molecule has 0 saturated heterocycles. The summed E-state index contributed by atoms with van der Waals surface area (Å²) in [5.74, 6) is 0.436. The van der Waals surface area contributed by atoms with E-state index in [0.29, 0.717) is 18.7 Å². The van der Waals surface area contributed by atoms with E-state index in [9.17, 15) is 4.79 Å². The number of aryl methyl sites for hydroxylation is 1. The number of nitrogens with zero attached hydrogens (tertiary/aromatic N) is 3. The van der Waals surface area contributed by atoms with E-state index in [-0.39, 0.29) is 5.97 Å². The fraction of sp³-hybridized carbons (Fsp3) is 0.312. The van der Waals surface area contributed by atoms with Gasteiger partial charge in [-0.2, -0.15) is 0 Å². The molecule has 0 fully saturated rings. The molecule has 0 radical (unpaired) electrons.